The fourth-order valence-electron chi connectivity index (χ4n) is 2.04. The summed E-state index contributed by atoms with van der Waals surface area (Å²) in [4.78, 5) is 12.1. The Bertz CT molecular complexity index is 885. The third-order valence-electron chi connectivity index (χ3n) is 3.12. The topological polar surface area (TPSA) is 128 Å². The van der Waals surface area contributed by atoms with Crippen LogP contribution in [0.2, 0.25) is 0 Å². The van der Waals surface area contributed by atoms with E-state index in [0.29, 0.717) is 22.0 Å². The Balaban J connectivity index is 1.85. The number of primary sulfonamides is 1. The maximum absolute atomic E-state index is 11.6. The minimum atomic E-state index is -3.72. The van der Waals surface area contributed by atoms with E-state index >= 15 is 0 Å². The molecule has 1 aromatic heterocycles. The highest BCUT2D eigenvalue weighted by Gasteiger charge is 2.24. The number of benzene rings is 1. The standard InChI is InChI=1S/C14H13N3O4S2/c15-14-17-13(18)12(22-14)7-9-3-6-11(21-9)8-1-4-10(5-2-8)23(16,19)20/h1-7,14H,15H2,(H,17,18)(H2,16,19,20)/b12-7-. The summed E-state index contributed by atoms with van der Waals surface area (Å²) in [6.07, 6.45) is 1.61. The summed E-state index contributed by atoms with van der Waals surface area (Å²) in [5.74, 6) is 0.811. The zero-order valence-corrected chi connectivity index (χ0v) is 13.4. The van der Waals surface area contributed by atoms with Gasteiger partial charge >= 0.3 is 0 Å². The molecular weight excluding hydrogens is 338 g/mol. The average molecular weight is 351 g/mol. The van der Waals surface area contributed by atoms with Crippen molar-refractivity contribution in [3.8, 4) is 11.3 Å². The molecule has 1 fully saturated rings. The van der Waals surface area contributed by atoms with Crippen molar-refractivity contribution in [1.29, 1.82) is 0 Å². The number of sulfonamides is 1. The van der Waals surface area contributed by atoms with Crippen LogP contribution in [0.15, 0.2) is 50.6 Å². The fourth-order valence-corrected chi connectivity index (χ4v) is 3.35. The highest BCUT2D eigenvalue weighted by atomic mass is 32.2. The Morgan fingerprint density at radius 2 is 1.87 bits per heavy atom. The normalized spacial score (nSPS) is 20.0. The van der Waals surface area contributed by atoms with Gasteiger partial charge in [0.15, 0.2) is 0 Å². The number of carbonyl (C=O) groups is 1. The van der Waals surface area contributed by atoms with Gasteiger partial charge in [0.2, 0.25) is 10.0 Å². The molecule has 1 aliphatic heterocycles. The van der Waals surface area contributed by atoms with Crippen LogP contribution in [-0.2, 0) is 14.8 Å². The van der Waals surface area contributed by atoms with E-state index in [1.54, 1.807) is 30.3 Å². The maximum atomic E-state index is 11.6. The molecule has 1 aliphatic rings. The van der Waals surface area contributed by atoms with Crippen LogP contribution in [0.4, 0.5) is 0 Å². The number of thioether (sulfide) groups is 1. The van der Waals surface area contributed by atoms with Gasteiger partial charge in [-0.2, -0.15) is 0 Å². The molecular formula is C14H13N3O4S2. The van der Waals surface area contributed by atoms with Crippen molar-refractivity contribution < 1.29 is 17.6 Å². The molecule has 1 saturated heterocycles. The van der Waals surface area contributed by atoms with E-state index in [9.17, 15) is 13.2 Å². The van der Waals surface area contributed by atoms with Crippen LogP contribution < -0.4 is 16.2 Å². The molecule has 0 saturated carbocycles. The highest BCUT2D eigenvalue weighted by Crippen LogP contribution is 2.29. The summed E-state index contributed by atoms with van der Waals surface area (Å²) in [5.41, 5.74) is 5.86. The molecule has 0 aliphatic carbocycles. The van der Waals surface area contributed by atoms with Gasteiger partial charge in [-0.3, -0.25) is 4.79 Å². The van der Waals surface area contributed by atoms with Gasteiger partial charge in [0, 0.05) is 11.6 Å². The van der Waals surface area contributed by atoms with Crippen LogP contribution >= 0.6 is 11.8 Å². The predicted molar refractivity (Wildman–Crippen MR) is 87.2 cm³/mol. The van der Waals surface area contributed by atoms with Crippen LogP contribution in [0.1, 0.15) is 5.76 Å². The molecule has 9 heteroatoms. The maximum Gasteiger partial charge on any atom is 0.259 e. The minimum absolute atomic E-state index is 0.0307. The quantitative estimate of drug-likeness (QED) is 0.709. The van der Waals surface area contributed by atoms with E-state index < -0.39 is 15.5 Å². The average Bonchev–Trinajstić information content (AvgIpc) is 3.06. The van der Waals surface area contributed by atoms with E-state index in [-0.39, 0.29) is 10.8 Å². The number of nitrogens with one attached hydrogen (secondary N) is 1. The molecule has 0 radical (unpaired) electrons. The van der Waals surface area contributed by atoms with Crippen molar-refractivity contribution in [3.63, 3.8) is 0 Å². The van der Waals surface area contributed by atoms with E-state index in [1.165, 1.54) is 23.9 Å². The lowest BCUT2D eigenvalue weighted by Crippen LogP contribution is -2.31. The zero-order valence-electron chi connectivity index (χ0n) is 11.7. The van der Waals surface area contributed by atoms with E-state index in [2.05, 4.69) is 5.32 Å². The summed E-state index contributed by atoms with van der Waals surface area (Å²) in [5, 5.41) is 7.62. The lowest BCUT2D eigenvalue weighted by atomic mass is 10.2. The van der Waals surface area contributed by atoms with Crippen LogP contribution in [0.25, 0.3) is 17.4 Å². The van der Waals surface area contributed by atoms with Gasteiger partial charge in [0.25, 0.3) is 5.91 Å². The second-order valence-corrected chi connectivity index (χ2v) is 7.54. The zero-order chi connectivity index (χ0) is 16.6. The van der Waals surface area contributed by atoms with Gasteiger partial charge in [0.05, 0.1) is 9.80 Å². The molecule has 23 heavy (non-hydrogen) atoms. The molecule has 1 amide bonds. The predicted octanol–water partition coefficient (Wildman–Crippen LogP) is 1.04. The summed E-state index contributed by atoms with van der Waals surface area (Å²) >= 11 is 1.22. The number of rotatable bonds is 3. The Hall–Kier alpha value is -2.07. The second-order valence-electron chi connectivity index (χ2n) is 4.79. The Labute approximate surface area is 136 Å². The van der Waals surface area contributed by atoms with Gasteiger partial charge in [0.1, 0.15) is 17.0 Å². The number of furan rings is 1. The largest absolute Gasteiger partial charge is 0.457 e. The number of hydrogen-bond acceptors (Lipinski definition) is 6. The monoisotopic (exact) mass is 351 g/mol. The number of hydrogen-bond donors (Lipinski definition) is 3. The van der Waals surface area contributed by atoms with Gasteiger partial charge in [-0.15, -0.1) is 0 Å². The SMILES string of the molecule is NC1NC(=O)/C(=C/c2ccc(-c3ccc(S(N)(=O)=O)cc3)o2)S1. The molecule has 2 heterocycles. The highest BCUT2D eigenvalue weighted by molar-refractivity contribution is 8.05. The molecule has 2 aromatic rings. The minimum Gasteiger partial charge on any atom is -0.457 e. The van der Waals surface area contributed by atoms with Crippen LogP contribution in [0.3, 0.4) is 0 Å². The first-order valence-electron chi connectivity index (χ1n) is 6.51. The Morgan fingerprint density at radius 3 is 2.43 bits per heavy atom. The lowest BCUT2D eigenvalue weighted by Gasteiger charge is -2.00. The van der Waals surface area contributed by atoms with Crippen molar-refractivity contribution in [2.75, 3.05) is 0 Å². The van der Waals surface area contributed by atoms with Gasteiger partial charge in [-0.05, 0) is 36.4 Å². The Kier molecular flexibility index (Phi) is 4.02. The van der Waals surface area contributed by atoms with Crippen LogP contribution in [-0.4, -0.2) is 19.8 Å². The van der Waals surface area contributed by atoms with Crippen molar-refractivity contribution in [2.24, 2.45) is 10.9 Å². The molecule has 1 unspecified atom stereocenters. The first-order chi connectivity index (χ1) is 10.8. The fraction of sp³-hybridized carbons (Fsp3) is 0.0714. The third-order valence-corrected chi connectivity index (χ3v) is 4.98. The molecule has 5 N–H and O–H groups in total. The smallest absolute Gasteiger partial charge is 0.259 e. The van der Waals surface area contributed by atoms with Gasteiger partial charge in [-0.25, -0.2) is 13.6 Å². The number of amides is 1. The van der Waals surface area contributed by atoms with Gasteiger partial charge < -0.3 is 15.5 Å². The molecule has 0 spiro atoms. The first kappa shape index (κ1) is 15.8. The summed E-state index contributed by atoms with van der Waals surface area (Å²) in [6.45, 7) is 0. The van der Waals surface area contributed by atoms with E-state index in [1.807, 2.05) is 0 Å². The van der Waals surface area contributed by atoms with Crippen LogP contribution in [0, 0.1) is 0 Å². The lowest BCUT2D eigenvalue weighted by molar-refractivity contribution is -0.116. The van der Waals surface area contributed by atoms with Gasteiger partial charge in [-0.1, -0.05) is 11.8 Å². The first-order valence-corrected chi connectivity index (χ1v) is 8.93. The number of carbonyl (C=O) groups excluding carboxylic acids is 1. The molecule has 3 rings (SSSR count). The molecule has 0 bridgehead atoms. The van der Waals surface area contributed by atoms with Crippen molar-refractivity contribution in [1.82, 2.24) is 5.32 Å². The summed E-state index contributed by atoms with van der Waals surface area (Å²) < 4.78 is 28.1. The van der Waals surface area contributed by atoms with Crippen molar-refractivity contribution >= 4 is 33.8 Å². The summed E-state index contributed by atoms with van der Waals surface area (Å²) in [6, 6.07) is 9.46. The Morgan fingerprint density at radius 1 is 1.17 bits per heavy atom. The molecule has 1 aromatic carbocycles. The molecule has 7 nitrogen and oxygen atoms in total. The van der Waals surface area contributed by atoms with Crippen LogP contribution in [0.5, 0.6) is 0 Å². The number of nitrogens with two attached hydrogens (primary N) is 2. The van der Waals surface area contributed by atoms with Crippen molar-refractivity contribution in [3.05, 3.63) is 47.1 Å². The third kappa shape index (κ3) is 3.48. The second kappa shape index (κ2) is 5.85. The molecule has 1 atom stereocenters. The van der Waals surface area contributed by atoms with E-state index in [0.717, 1.165) is 0 Å². The molecule has 120 valence electrons. The van der Waals surface area contributed by atoms with Crippen molar-refractivity contribution in [2.45, 2.75) is 10.4 Å². The van der Waals surface area contributed by atoms with E-state index in [4.69, 9.17) is 15.3 Å². The summed E-state index contributed by atoms with van der Waals surface area (Å²) in [7, 11) is -3.72.